The topological polar surface area (TPSA) is 51.2 Å². The average molecular weight is 455 g/mol. The maximum Gasteiger partial charge on any atom is 0.261 e. The second-order valence-corrected chi connectivity index (χ2v) is 11.4. The van der Waals surface area contributed by atoms with Gasteiger partial charge in [0.05, 0.1) is 22.6 Å². The lowest BCUT2D eigenvalue weighted by molar-refractivity contribution is -0.160. The second-order valence-electron chi connectivity index (χ2n) is 9.98. The molecule has 4 bridgehead atoms. The Balaban J connectivity index is 1.14. The number of aromatic nitrogens is 1. The van der Waals surface area contributed by atoms with Gasteiger partial charge in [-0.25, -0.2) is 4.98 Å². The molecule has 6 heteroatoms. The zero-order chi connectivity index (χ0) is 21.2. The molecule has 31 heavy (non-hydrogen) atoms. The third kappa shape index (κ3) is 3.55. The Hall–Kier alpha value is -1.69. The Kier molecular flexibility index (Phi) is 4.78. The summed E-state index contributed by atoms with van der Waals surface area (Å²) in [7, 11) is 0. The lowest BCUT2D eigenvalue weighted by Crippen LogP contribution is -2.52. The molecule has 1 aromatic carbocycles. The molecule has 2 heterocycles. The van der Waals surface area contributed by atoms with Crippen molar-refractivity contribution in [1.29, 1.82) is 0 Å². The quantitative estimate of drug-likeness (QED) is 0.373. The molecule has 4 aliphatic carbocycles. The first-order chi connectivity index (χ1) is 15.0. The molecule has 1 amide bonds. The van der Waals surface area contributed by atoms with Crippen LogP contribution in [0.2, 0.25) is 5.15 Å². The van der Waals surface area contributed by atoms with Gasteiger partial charge >= 0.3 is 0 Å². The summed E-state index contributed by atoms with van der Waals surface area (Å²) in [6, 6.07) is 7.99. The number of ether oxygens (including phenoxy) is 1. The number of amides is 1. The van der Waals surface area contributed by atoms with Gasteiger partial charge < -0.3 is 10.1 Å². The number of hydrogen-bond acceptors (Lipinski definition) is 4. The lowest BCUT2D eigenvalue weighted by Gasteiger charge is -2.56. The fourth-order valence-corrected chi connectivity index (χ4v) is 8.08. The van der Waals surface area contributed by atoms with E-state index in [0.29, 0.717) is 23.2 Å². The summed E-state index contributed by atoms with van der Waals surface area (Å²) in [4.78, 5) is 18.0. The molecule has 4 saturated carbocycles. The van der Waals surface area contributed by atoms with E-state index < -0.39 is 0 Å². The first-order valence-corrected chi connectivity index (χ1v) is 12.6. The smallest absolute Gasteiger partial charge is 0.261 e. The van der Waals surface area contributed by atoms with Crippen LogP contribution >= 0.6 is 22.9 Å². The van der Waals surface area contributed by atoms with Crippen LogP contribution in [0.15, 0.2) is 24.3 Å². The number of halogens is 1. The van der Waals surface area contributed by atoms with Gasteiger partial charge in [0.1, 0.15) is 5.15 Å². The molecule has 4 fully saturated rings. The van der Waals surface area contributed by atoms with Crippen molar-refractivity contribution in [2.24, 2.45) is 17.8 Å². The molecular formula is C25H27ClN2O2S. The zero-order valence-electron chi connectivity index (χ0n) is 17.7. The Labute approximate surface area is 191 Å². The van der Waals surface area contributed by atoms with Crippen LogP contribution in [0.5, 0.6) is 0 Å². The maximum atomic E-state index is 12.8. The molecule has 0 saturated heterocycles. The molecule has 1 N–H and O–H groups in total. The van der Waals surface area contributed by atoms with Crippen molar-refractivity contribution in [3.63, 3.8) is 0 Å². The maximum absolute atomic E-state index is 12.8. The van der Waals surface area contributed by atoms with Crippen LogP contribution in [0.25, 0.3) is 21.0 Å². The molecule has 0 unspecified atom stereocenters. The predicted molar refractivity (Wildman–Crippen MR) is 126 cm³/mol. The first-order valence-electron chi connectivity index (χ1n) is 11.4. The summed E-state index contributed by atoms with van der Waals surface area (Å²) in [5.74, 6) is 2.55. The molecule has 162 valence electrons. The van der Waals surface area contributed by atoms with Gasteiger partial charge in [0, 0.05) is 22.0 Å². The summed E-state index contributed by atoms with van der Waals surface area (Å²) in [5.41, 5.74) is 2.12. The number of fused-ring (bicyclic) bond motifs is 3. The number of rotatable bonds is 5. The highest BCUT2D eigenvalue weighted by molar-refractivity contribution is 7.21. The fourth-order valence-electron chi connectivity index (χ4n) is 6.68. The normalized spacial score (nSPS) is 29.2. The molecule has 4 aliphatic rings. The third-order valence-electron chi connectivity index (χ3n) is 7.57. The number of carbonyl (C=O) groups is 1. The standard InChI is InChI=1S/C25H27ClN2O2S/c1-14-2-3-20-18(6-14)22-19(23(26)28-20)10-21(31-22)24(29)27-4-5-30-25-11-15-7-16(12-25)9-17(8-15)13-25/h2-3,6,10,15-17H,4-5,7-9,11-13H2,1H3,(H,27,29). The number of thiophene rings is 1. The number of nitrogens with zero attached hydrogens (tertiary/aromatic N) is 1. The van der Waals surface area contributed by atoms with Gasteiger partial charge in [-0.05, 0) is 81.4 Å². The van der Waals surface area contributed by atoms with Gasteiger partial charge in [0.2, 0.25) is 0 Å². The molecule has 0 aliphatic heterocycles. The zero-order valence-corrected chi connectivity index (χ0v) is 19.3. The first kappa shape index (κ1) is 20.0. The summed E-state index contributed by atoms with van der Waals surface area (Å²) in [6.07, 6.45) is 7.91. The minimum atomic E-state index is -0.0628. The van der Waals surface area contributed by atoms with Gasteiger partial charge in [-0.1, -0.05) is 23.2 Å². The van der Waals surface area contributed by atoms with Crippen LogP contribution in [0.4, 0.5) is 0 Å². The highest BCUT2D eigenvalue weighted by Crippen LogP contribution is 2.57. The van der Waals surface area contributed by atoms with E-state index >= 15 is 0 Å². The van der Waals surface area contributed by atoms with Crippen molar-refractivity contribution in [1.82, 2.24) is 10.3 Å². The van der Waals surface area contributed by atoms with Gasteiger partial charge in [0.15, 0.2) is 0 Å². The predicted octanol–water partition coefficient (Wildman–Crippen LogP) is 6.13. The highest BCUT2D eigenvalue weighted by Gasteiger charge is 2.51. The van der Waals surface area contributed by atoms with Crippen LogP contribution in [0.3, 0.4) is 0 Å². The van der Waals surface area contributed by atoms with Crippen LogP contribution in [-0.2, 0) is 4.74 Å². The van der Waals surface area contributed by atoms with E-state index in [1.165, 1.54) is 55.4 Å². The number of benzene rings is 1. The largest absolute Gasteiger partial charge is 0.373 e. The van der Waals surface area contributed by atoms with Crippen LogP contribution in [-0.4, -0.2) is 29.6 Å². The molecule has 3 aromatic rings. The Morgan fingerprint density at radius 1 is 1.16 bits per heavy atom. The Morgan fingerprint density at radius 3 is 2.58 bits per heavy atom. The van der Waals surface area contributed by atoms with Gasteiger partial charge in [0.25, 0.3) is 5.91 Å². The molecule has 2 aromatic heterocycles. The molecule has 4 nitrogen and oxygen atoms in total. The van der Waals surface area contributed by atoms with Crippen molar-refractivity contribution in [2.45, 2.75) is 51.0 Å². The average Bonchev–Trinajstić information content (AvgIpc) is 3.17. The van der Waals surface area contributed by atoms with E-state index in [2.05, 4.69) is 23.3 Å². The van der Waals surface area contributed by atoms with E-state index in [9.17, 15) is 4.79 Å². The van der Waals surface area contributed by atoms with Crippen LogP contribution in [0, 0.1) is 24.7 Å². The van der Waals surface area contributed by atoms with Gasteiger partial charge in [-0.2, -0.15) is 0 Å². The van der Waals surface area contributed by atoms with Crippen LogP contribution in [0.1, 0.15) is 53.8 Å². The van der Waals surface area contributed by atoms with E-state index in [-0.39, 0.29) is 11.5 Å². The fraction of sp³-hybridized carbons (Fsp3) is 0.520. The van der Waals surface area contributed by atoms with Gasteiger partial charge in [-0.15, -0.1) is 11.3 Å². The van der Waals surface area contributed by atoms with Crippen molar-refractivity contribution in [3.8, 4) is 0 Å². The second kappa shape index (κ2) is 7.43. The van der Waals surface area contributed by atoms with Crippen molar-refractivity contribution < 1.29 is 9.53 Å². The number of nitrogens with one attached hydrogen (secondary N) is 1. The molecule has 0 radical (unpaired) electrons. The van der Waals surface area contributed by atoms with Crippen molar-refractivity contribution >= 4 is 49.8 Å². The molecular weight excluding hydrogens is 428 g/mol. The van der Waals surface area contributed by atoms with E-state index in [1.807, 2.05) is 18.2 Å². The number of carbonyl (C=O) groups excluding carboxylic acids is 1. The minimum absolute atomic E-state index is 0.0628. The van der Waals surface area contributed by atoms with E-state index in [4.69, 9.17) is 16.3 Å². The molecule has 0 atom stereocenters. The number of pyridine rings is 1. The number of hydrogen-bond donors (Lipinski definition) is 1. The third-order valence-corrected chi connectivity index (χ3v) is 9.03. The van der Waals surface area contributed by atoms with Crippen LogP contribution < -0.4 is 5.32 Å². The molecule has 7 rings (SSSR count). The Bertz CT molecular complexity index is 1150. The minimum Gasteiger partial charge on any atom is -0.373 e. The highest BCUT2D eigenvalue weighted by atomic mass is 35.5. The van der Waals surface area contributed by atoms with Crippen molar-refractivity contribution in [3.05, 3.63) is 39.9 Å². The summed E-state index contributed by atoms with van der Waals surface area (Å²) in [5, 5.41) is 5.40. The SMILES string of the molecule is Cc1ccc2nc(Cl)c3cc(C(=O)NCCOC45CC6CC(CC(C6)C4)C5)sc3c2c1. The van der Waals surface area contributed by atoms with E-state index in [1.54, 1.807) is 0 Å². The summed E-state index contributed by atoms with van der Waals surface area (Å²) in [6.45, 7) is 3.19. The molecule has 0 spiro atoms. The van der Waals surface area contributed by atoms with Crippen molar-refractivity contribution in [2.75, 3.05) is 13.2 Å². The van der Waals surface area contributed by atoms with E-state index in [0.717, 1.165) is 38.7 Å². The summed E-state index contributed by atoms with van der Waals surface area (Å²) < 4.78 is 7.46. The monoisotopic (exact) mass is 454 g/mol. The van der Waals surface area contributed by atoms with Gasteiger partial charge in [-0.3, -0.25) is 4.79 Å². The summed E-state index contributed by atoms with van der Waals surface area (Å²) >= 11 is 7.90. The lowest BCUT2D eigenvalue weighted by atomic mass is 9.54. The Morgan fingerprint density at radius 2 is 1.87 bits per heavy atom. The number of aryl methyl sites for hydroxylation is 1.